The fraction of sp³-hybridized carbons (Fsp3) is 0.556. The molecule has 0 radical (unpaired) electrons. The lowest BCUT2D eigenvalue weighted by molar-refractivity contribution is -0.121. The number of hydrogen-bond donors (Lipinski definition) is 0. The number of rotatable bonds is 5. The highest BCUT2D eigenvalue weighted by Gasteiger charge is 2.50. The van der Waals surface area contributed by atoms with E-state index in [1.165, 1.54) is 11.8 Å². The third kappa shape index (κ3) is 3.94. The van der Waals surface area contributed by atoms with Crippen LogP contribution in [0.4, 0.5) is 5.69 Å². The first-order valence-corrected chi connectivity index (χ1v) is 11.5. The minimum atomic E-state index is -3.13. The molecule has 7 nitrogen and oxygen atoms in total. The maximum atomic E-state index is 12.4. The van der Waals surface area contributed by atoms with Gasteiger partial charge in [0, 0.05) is 17.2 Å². The van der Waals surface area contributed by atoms with Crippen LogP contribution in [0.2, 0.25) is 0 Å². The first-order valence-electron chi connectivity index (χ1n) is 8.80. The predicted molar refractivity (Wildman–Crippen MR) is 108 cm³/mol. The quantitative estimate of drug-likeness (QED) is 0.734. The number of ether oxygens (including phenoxy) is 2. The molecule has 9 heteroatoms. The minimum Gasteiger partial charge on any atom is -0.497 e. The molecule has 27 heavy (non-hydrogen) atoms. The van der Waals surface area contributed by atoms with Gasteiger partial charge in [0.25, 0.3) is 5.91 Å². The van der Waals surface area contributed by atoms with Crippen molar-refractivity contribution in [3.63, 3.8) is 0 Å². The van der Waals surface area contributed by atoms with Gasteiger partial charge in [-0.1, -0.05) is 25.6 Å². The third-order valence-corrected chi connectivity index (χ3v) is 8.16. The smallest absolute Gasteiger partial charge is 0.250 e. The molecule has 1 aromatic rings. The lowest BCUT2D eigenvalue weighted by Gasteiger charge is -2.26. The number of benzene rings is 1. The predicted octanol–water partition coefficient (Wildman–Crippen LogP) is 2.35. The number of carbonyl (C=O) groups excluding carboxylic acids is 1. The summed E-state index contributed by atoms with van der Waals surface area (Å²) >= 11 is 1.35. The highest BCUT2D eigenvalue weighted by atomic mass is 32.2. The Morgan fingerprint density at radius 3 is 2.70 bits per heavy atom. The van der Waals surface area contributed by atoms with E-state index in [1.807, 2.05) is 18.7 Å². The van der Waals surface area contributed by atoms with E-state index in [2.05, 4.69) is 4.99 Å². The molecule has 0 aromatic heterocycles. The first-order chi connectivity index (χ1) is 12.8. The van der Waals surface area contributed by atoms with E-state index in [1.54, 1.807) is 32.4 Å². The van der Waals surface area contributed by atoms with Crippen molar-refractivity contribution in [3.8, 4) is 11.5 Å². The molecule has 0 aliphatic carbocycles. The van der Waals surface area contributed by atoms with Gasteiger partial charge in [-0.15, -0.1) is 0 Å². The SMILES string of the molecule is CC[C@@H](C)C(=O)N=C1S[C@H]2CS(=O)(=O)C[C@H]2N1c1cc(OC)ccc1OC. The molecule has 3 rings (SSSR count). The van der Waals surface area contributed by atoms with Crippen LogP contribution < -0.4 is 14.4 Å². The fourth-order valence-corrected chi connectivity index (χ4v) is 7.12. The number of sulfone groups is 1. The Balaban J connectivity index is 2.09. The molecule has 2 fully saturated rings. The molecular formula is C18H24N2O5S2. The molecule has 1 aromatic carbocycles. The Bertz CT molecular complexity index is 869. The molecule has 2 saturated heterocycles. The van der Waals surface area contributed by atoms with Gasteiger partial charge in [0.05, 0.1) is 37.5 Å². The van der Waals surface area contributed by atoms with Crippen molar-refractivity contribution in [2.45, 2.75) is 31.6 Å². The van der Waals surface area contributed by atoms with E-state index >= 15 is 0 Å². The molecule has 0 spiro atoms. The van der Waals surface area contributed by atoms with Crippen molar-refractivity contribution in [2.75, 3.05) is 30.6 Å². The second-order valence-corrected chi connectivity index (χ2v) is 10.1. The Morgan fingerprint density at radius 2 is 2.07 bits per heavy atom. The van der Waals surface area contributed by atoms with Crippen molar-refractivity contribution < 1.29 is 22.7 Å². The third-order valence-electron chi connectivity index (χ3n) is 4.95. The molecule has 0 bridgehead atoms. The molecule has 2 aliphatic heterocycles. The lowest BCUT2D eigenvalue weighted by atomic mass is 10.1. The number of aliphatic imine (C=N–C) groups is 1. The summed E-state index contributed by atoms with van der Waals surface area (Å²) in [6.45, 7) is 3.78. The summed E-state index contributed by atoms with van der Waals surface area (Å²) in [5.74, 6) is 0.923. The van der Waals surface area contributed by atoms with E-state index in [4.69, 9.17) is 9.47 Å². The van der Waals surface area contributed by atoms with E-state index in [0.717, 1.165) is 0 Å². The van der Waals surface area contributed by atoms with E-state index < -0.39 is 9.84 Å². The number of amides is 1. The normalized spacial score (nSPS) is 26.1. The summed E-state index contributed by atoms with van der Waals surface area (Å²) in [7, 11) is -0.0109. The van der Waals surface area contributed by atoms with Gasteiger partial charge >= 0.3 is 0 Å². The van der Waals surface area contributed by atoms with Crippen LogP contribution in [0.1, 0.15) is 20.3 Å². The second kappa shape index (κ2) is 7.71. The lowest BCUT2D eigenvalue weighted by Crippen LogP contribution is -2.38. The number of nitrogens with zero attached hydrogens (tertiary/aromatic N) is 2. The minimum absolute atomic E-state index is 0.0293. The van der Waals surface area contributed by atoms with E-state index in [0.29, 0.717) is 28.8 Å². The fourth-order valence-electron chi connectivity index (χ4n) is 3.21. The van der Waals surface area contributed by atoms with Gasteiger partial charge in [0.2, 0.25) is 0 Å². The summed E-state index contributed by atoms with van der Waals surface area (Å²) in [4.78, 5) is 18.6. The highest BCUT2D eigenvalue weighted by Crippen LogP contribution is 2.45. The number of thioether (sulfide) groups is 1. The van der Waals surface area contributed by atoms with Crippen molar-refractivity contribution in [3.05, 3.63) is 18.2 Å². The zero-order chi connectivity index (χ0) is 19.8. The van der Waals surface area contributed by atoms with Crippen LogP contribution in [0.15, 0.2) is 23.2 Å². The number of hydrogen-bond acceptors (Lipinski definition) is 6. The van der Waals surface area contributed by atoms with Crippen molar-refractivity contribution in [1.29, 1.82) is 0 Å². The van der Waals surface area contributed by atoms with Crippen molar-refractivity contribution >= 4 is 38.4 Å². The van der Waals surface area contributed by atoms with Gasteiger partial charge < -0.3 is 14.4 Å². The highest BCUT2D eigenvalue weighted by molar-refractivity contribution is 8.16. The number of anilines is 1. The summed E-state index contributed by atoms with van der Waals surface area (Å²) in [6, 6.07) is 5.04. The van der Waals surface area contributed by atoms with Crippen molar-refractivity contribution in [1.82, 2.24) is 0 Å². The molecule has 0 unspecified atom stereocenters. The molecule has 2 heterocycles. The Kier molecular flexibility index (Phi) is 5.71. The van der Waals surface area contributed by atoms with Crippen LogP contribution in [0, 0.1) is 5.92 Å². The van der Waals surface area contributed by atoms with Gasteiger partial charge in [-0.25, -0.2) is 8.42 Å². The van der Waals surface area contributed by atoms with Crippen LogP contribution in [0.3, 0.4) is 0 Å². The average Bonchev–Trinajstić information content (AvgIpc) is 3.10. The van der Waals surface area contributed by atoms with Crippen LogP contribution in [-0.4, -0.2) is 56.5 Å². The Hall–Kier alpha value is -1.74. The van der Waals surface area contributed by atoms with Crippen LogP contribution >= 0.6 is 11.8 Å². The number of fused-ring (bicyclic) bond motifs is 1. The van der Waals surface area contributed by atoms with Crippen molar-refractivity contribution in [2.24, 2.45) is 10.9 Å². The second-order valence-electron chi connectivity index (χ2n) is 6.75. The monoisotopic (exact) mass is 412 g/mol. The van der Waals surface area contributed by atoms with E-state index in [-0.39, 0.29) is 34.6 Å². The molecule has 1 amide bonds. The van der Waals surface area contributed by atoms with Crippen LogP contribution in [-0.2, 0) is 14.6 Å². The van der Waals surface area contributed by atoms with Gasteiger partial charge in [-0.3, -0.25) is 4.79 Å². The zero-order valence-corrected chi connectivity index (χ0v) is 17.5. The van der Waals surface area contributed by atoms with Crippen LogP contribution in [0.5, 0.6) is 11.5 Å². The summed E-state index contributed by atoms with van der Waals surface area (Å²) in [5.41, 5.74) is 0.657. The average molecular weight is 413 g/mol. The molecule has 3 atom stereocenters. The molecule has 2 aliphatic rings. The van der Waals surface area contributed by atoms with Gasteiger partial charge in [0.15, 0.2) is 15.0 Å². The molecule has 0 saturated carbocycles. The topological polar surface area (TPSA) is 85.3 Å². The summed E-state index contributed by atoms with van der Waals surface area (Å²) in [6.07, 6.45) is 0.698. The number of methoxy groups -OCH3 is 2. The number of carbonyl (C=O) groups is 1. The van der Waals surface area contributed by atoms with Crippen LogP contribution in [0.25, 0.3) is 0 Å². The maximum Gasteiger partial charge on any atom is 0.250 e. The van der Waals surface area contributed by atoms with E-state index in [9.17, 15) is 13.2 Å². The van der Waals surface area contributed by atoms with Gasteiger partial charge in [-0.2, -0.15) is 4.99 Å². The zero-order valence-electron chi connectivity index (χ0n) is 15.8. The number of amidine groups is 1. The molecule has 0 N–H and O–H groups in total. The largest absolute Gasteiger partial charge is 0.497 e. The standard InChI is InChI=1S/C18H24N2O5S2/c1-5-11(2)17(21)19-18-20(14-9-27(22,23)10-16(14)26-18)13-8-12(24-3)6-7-15(13)25-4/h6-8,11,14,16H,5,9-10H2,1-4H3/t11-,14-,16+/m1/s1. The first kappa shape index (κ1) is 20.0. The van der Waals surface area contributed by atoms with Gasteiger partial charge in [0.1, 0.15) is 11.5 Å². The van der Waals surface area contributed by atoms with Gasteiger partial charge in [-0.05, 0) is 18.6 Å². The summed E-state index contributed by atoms with van der Waals surface area (Å²) in [5, 5.41) is 0.367. The summed E-state index contributed by atoms with van der Waals surface area (Å²) < 4.78 is 35.2. The Labute approximate surface area is 164 Å². The Morgan fingerprint density at radius 1 is 1.33 bits per heavy atom. The molecule has 148 valence electrons. The maximum absolute atomic E-state index is 12.4. The molecular weight excluding hydrogens is 388 g/mol.